The SMILES string of the molecule is C[C@@H]1[C@H](C)CCC[C@H]1NC(=O)COC(=O)COc1ccc(Cl)cc1Cl. The first-order valence-corrected chi connectivity index (χ1v) is 9.15. The Labute approximate surface area is 158 Å². The van der Waals surface area contributed by atoms with Crippen LogP contribution in [0.25, 0.3) is 0 Å². The standard InChI is InChI=1S/C18H23Cl2NO4/c1-11-4-3-5-15(12(11)2)21-17(22)9-25-18(23)10-24-16-7-6-13(19)8-14(16)20/h6-8,11-12,15H,3-5,9-10H2,1-2H3,(H,21,22)/t11-,12-,15-/m1/s1. The van der Waals surface area contributed by atoms with E-state index >= 15 is 0 Å². The lowest BCUT2D eigenvalue weighted by Gasteiger charge is -2.34. The second-order valence-electron chi connectivity index (χ2n) is 6.47. The summed E-state index contributed by atoms with van der Waals surface area (Å²) in [5.74, 6) is 0.412. The number of rotatable bonds is 6. The van der Waals surface area contributed by atoms with Crippen LogP contribution in [-0.2, 0) is 14.3 Å². The van der Waals surface area contributed by atoms with Crippen molar-refractivity contribution in [1.29, 1.82) is 0 Å². The fraction of sp³-hybridized carbons (Fsp3) is 0.556. The van der Waals surface area contributed by atoms with Gasteiger partial charge in [-0.05, 0) is 36.5 Å². The molecule has 1 N–H and O–H groups in total. The minimum absolute atomic E-state index is 0.138. The third-order valence-corrected chi connectivity index (χ3v) is 5.19. The van der Waals surface area contributed by atoms with Crippen molar-refractivity contribution >= 4 is 35.1 Å². The van der Waals surface area contributed by atoms with Crippen LogP contribution in [-0.4, -0.2) is 31.1 Å². The Balaban J connectivity index is 1.71. The maximum atomic E-state index is 12.0. The Kier molecular flexibility index (Phi) is 7.38. The summed E-state index contributed by atoms with van der Waals surface area (Å²) in [5, 5.41) is 3.73. The molecule has 138 valence electrons. The average molecular weight is 388 g/mol. The number of hydrogen-bond acceptors (Lipinski definition) is 4. The second kappa shape index (κ2) is 9.30. The number of nitrogens with one attached hydrogen (secondary N) is 1. The molecule has 1 fully saturated rings. The van der Waals surface area contributed by atoms with E-state index in [1.54, 1.807) is 12.1 Å². The maximum Gasteiger partial charge on any atom is 0.344 e. The van der Waals surface area contributed by atoms with Crippen LogP contribution in [0.15, 0.2) is 18.2 Å². The van der Waals surface area contributed by atoms with E-state index in [2.05, 4.69) is 19.2 Å². The summed E-state index contributed by atoms with van der Waals surface area (Å²) in [6.45, 7) is 3.70. The molecular weight excluding hydrogens is 365 g/mol. The van der Waals surface area contributed by atoms with Gasteiger partial charge >= 0.3 is 5.97 Å². The van der Waals surface area contributed by atoms with Gasteiger partial charge < -0.3 is 14.8 Å². The summed E-state index contributed by atoms with van der Waals surface area (Å²) in [4.78, 5) is 23.7. The highest BCUT2D eigenvalue weighted by atomic mass is 35.5. The molecule has 0 bridgehead atoms. The van der Waals surface area contributed by atoms with E-state index in [9.17, 15) is 9.59 Å². The zero-order valence-corrected chi connectivity index (χ0v) is 15.9. The molecule has 0 aromatic heterocycles. The van der Waals surface area contributed by atoms with Crippen LogP contribution in [0.5, 0.6) is 5.75 Å². The lowest BCUT2D eigenvalue weighted by molar-refractivity contribution is -0.150. The van der Waals surface area contributed by atoms with Crippen molar-refractivity contribution in [3.63, 3.8) is 0 Å². The van der Waals surface area contributed by atoms with Crippen LogP contribution in [0.1, 0.15) is 33.1 Å². The lowest BCUT2D eigenvalue weighted by Crippen LogP contribution is -2.45. The van der Waals surface area contributed by atoms with Gasteiger partial charge in [0.2, 0.25) is 0 Å². The third kappa shape index (κ3) is 6.08. The zero-order chi connectivity index (χ0) is 18.4. The highest BCUT2D eigenvalue weighted by Gasteiger charge is 2.28. The van der Waals surface area contributed by atoms with E-state index in [1.807, 2.05) is 0 Å². The van der Waals surface area contributed by atoms with Gasteiger partial charge in [-0.1, -0.05) is 49.9 Å². The number of hydrogen-bond donors (Lipinski definition) is 1. The molecule has 0 saturated heterocycles. The van der Waals surface area contributed by atoms with Gasteiger partial charge in [-0.15, -0.1) is 0 Å². The van der Waals surface area contributed by atoms with Crippen LogP contribution in [0.2, 0.25) is 10.0 Å². The molecule has 25 heavy (non-hydrogen) atoms. The summed E-state index contributed by atoms with van der Waals surface area (Å²) >= 11 is 11.7. The molecule has 3 atom stereocenters. The molecule has 0 aliphatic heterocycles. The molecule has 1 aromatic carbocycles. The number of esters is 1. The topological polar surface area (TPSA) is 64.6 Å². The molecule has 1 saturated carbocycles. The first-order valence-electron chi connectivity index (χ1n) is 8.39. The maximum absolute atomic E-state index is 12.0. The normalized spacial score (nSPS) is 23.0. The van der Waals surface area contributed by atoms with Gasteiger partial charge in [0.15, 0.2) is 13.2 Å². The molecule has 7 heteroatoms. The van der Waals surface area contributed by atoms with Gasteiger partial charge in [0.05, 0.1) is 5.02 Å². The van der Waals surface area contributed by atoms with Gasteiger partial charge in [-0.2, -0.15) is 0 Å². The highest BCUT2D eigenvalue weighted by Crippen LogP contribution is 2.29. The summed E-state index contributed by atoms with van der Waals surface area (Å²) in [6.07, 6.45) is 3.25. The molecule has 1 amide bonds. The Morgan fingerprint density at radius 1 is 1.20 bits per heavy atom. The minimum atomic E-state index is -0.633. The van der Waals surface area contributed by atoms with E-state index in [-0.39, 0.29) is 25.2 Å². The summed E-state index contributed by atoms with van der Waals surface area (Å²) in [7, 11) is 0. The minimum Gasteiger partial charge on any atom is -0.480 e. The summed E-state index contributed by atoms with van der Waals surface area (Å²) in [6, 6.07) is 4.83. The van der Waals surface area contributed by atoms with Crippen LogP contribution in [0.4, 0.5) is 0 Å². The van der Waals surface area contributed by atoms with E-state index < -0.39 is 5.97 Å². The number of ether oxygens (including phenoxy) is 2. The monoisotopic (exact) mass is 387 g/mol. The Morgan fingerprint density at radius 3 is 2.68 bits per heavy atom. The molecule has 1 aromatic rings. The second-order valence-corrected chi connectivity index (χ2v) is 7.31. The largest absolute Gasteiger partial charge is 0.480 e. The lowest BCUT2D eigenvalue weighted by atomic mass is 9.78. The fourth-order valence-corrected chi connectivity index (χ4v) is 3.41. The van der Waals surface area contributed by atoms with Crippen LogP contribution < -0.4 is 10.1 Å². The highest BCUT2D eigenvalue weighted by molar-refractivity contribution is 6.35. The number of amides is 1. The van der Waals surface area contributed by atoms with Gasteiger partial charge in [0.25, 0.3) is 5.91 Å². The van der Waals surface area contributed by atoms with Crippen LogP contribution in [0, 0.1) is 11.8 Å². The first kappa shape index (κ1) is 19.9. The predicted octanol–water partition coefficient (Wildman–Crippen LogP) is 3.86. The molecule has 0 radical (unpaired) electrons. The van der Waals surface area contributed by atoms with Crippen molar-refractivity contribution in [1.82, 2.24) is 5.32 Å². The van der Waals surface area contributed by atoms with E-state index in [1.165, 1.54) is 12.5 Å². The summed E-state index contributed by atoms with van der Waals surface area (Å²) < 4.78 is 10.2. The Morgan fingerprint density at radius 2 is 1.96 bits per heavy atom. The van der Waals surface area contributed by atoms with Crippen molar-refractivity contribution in [3.05, 3.63) is 28.2 Å². The Bertz CT molecular complexity index is 623. The molecule has 5 nitrogen and oxygen atoms in total. The number of carbonyl (C=O) groups excluding carboxylic acids is 2. The van der Waals surface area contributed by atoms with Crippen molar-refractivity contribution in [3.8, 4) is 5.75 Å². The number of benzene rings is 1. The van der Waals surface area contributed by atoms with E-state index in [4.69, 9.17) is 32.7 Å². The van der Waals surface area contributed by atoms with Crippen molar-refractivity contribution in [2.45, 2.75) is 39.2 Å². The molecule has 2 rings (SSSR count). The van der Waals surface area contributed by atoms with Crippen molar-refractivity contribution < 1.29 is 19.1 Å². The number of carbonyl (C=O) groups is 2. The number of halogens is 2. The van der Waals surface area contributed by atoms with Crippen molar-refractivity contribution in [2.75, 3.05) is 13.2 Å². The third-order valence-electron chi connectivity index (χ3n) is 4.66. The predicted molar refractivity (Wildman–Crippen MR) is 97.0 cm³/mol. The summed E-state index contributed by atoms with van der Waals surface area (Å²) in [5.41, 5.74) is 0. The smallest absolute Gasteiger partial charge is 0.344 e. The molecule has 0 heterocycles. The van der Waals surface area contributed by atoms with Gasteiger partial charge in [0, 0.05) is 11.1 Å². The molecule has 1 aliphatic rings. The average Bonchev–Trinajstić information content (AvgIpc) is 2.56. The van der Waals surface area contributed by atoms with E-state index in [0.717, 1.165) is 12.8 Å². The zero-order valence-electron chi connectivity index (χ0n) is 14.4. The first-order chi connectivity index (χ1) is 11.9. The molecular formula is C18H23Cl2NO4. The fourth-order valence-electron chi connectivity index (χ4n) is 2.95. The molecule has 0 unspecified atom stereocenters. The van der Waals surface area contributed by atoms with E-state index in [0.29, 0.717) is 27.6 Å². The molecule has 1 aliphatic carbocycles. The quantitative estimate of drug-likeness (QED) is 0.752. The Hall–Kier alpha value is -1.46. The molecule has 0 spiro atoms. The van der Waals surface area contributed by atoms with Gasteiger partial charge in [0.1, 0.15) is 5.75 Å². The van der Waals surface area contributed by atoms with Crippen LogP contribution >= 0.6 is 23.2 Å². The van der Waals surface area contributed by atoms with Crippen LogP contribution in [0.3, 0.4) is 0 Å². The van der Waals surface area contributed by atoms with Gasteiger partial charge in [-0.25, -0.2) is 4.79 Å². The van der Waals surface area contributed by atoms with Crippen molar-refractivity contribution in [2.24, 2.45) is 11.8 Å². The van der Waals surface area contributed by atoms with Gasteiger partial charge in [-0.3, -0.25) is 4.79 Å².